The Morgan fingerprint density at radius 3 is 2.73 bits per heavy atom. The number of fused-ring (bicyclic) bond motifs is 1. The van der Waals surface area contributed by atoms with Gasteiger partial charge >= 0.3 is 6.43 Å². The van der Waals surface area contributed by atoms with Crippen LogP contribution in [0, 0.1) is 0 Å². The van der Waals surface area contributed by atoms with E-state index in [-0.39, 0.29) is 11.8 Å². The van der Waals surface area contributed by atoms with E-state index in [9.17, 15) is 13.6 Å². The van der Waals surface area contributed by atoms with E-state index in [1.165, 1.54) is 6.20 Å². The average Bonchev–Trinajstić information content (AvgIpc) is 3.49. The Morgan fingerprint density at radius 1 is 1.10 bits per heavy atom. The number of benzene rings is 1. The van der Waals surface area contributed by atoms with Crippen LogP contribution in [-0.4, -0.2) is 30.9 Å². The van der Waals surface area contributed by atoms with Crippen molar-refractivity contribution in [2.24, 2.45) is 0 Å². The number of carbonyl (C=O) groups is 1. The highest BCUT2D eigenvalue weighted by atomic mass is 19.3. The molecule has 0 saturated heterocycles. The van der Waals surface area contributed by atoms with Gasteiger partial charge in [0.1, 0.15) is 0 Å². The summed E-state index contributed by atoms with van der Waals surface area (Å²) in [5.41, 5.74) is 4.65. The van der Waals surface area contributed by atoms with Crippen LogP contribution in [0.15, 0.2) is 53.3 Å². The lowest BCUT2D eigenvalue weighted by atomic mass is 10.0. The number of rotatable bonds is 5. The summed E-state index contributed by atoms with van der Waals surface area (Å²) >= 11 is 0. The van der Waals surface area contributed by atoms with Gasteiger partial charge in [0, 0.05) is 30.1 Å². The molecule has 10 heteroatoms. The van der Waals surface area contributed by atoms with E-state index >= 15 is 0 Å². The lowest BCUT2D eigenvalue weighted by Gasteiger charge is -2.03. The van der Waals surface area contributed by atoms with Gasteiger partial charge in [0.05, 0.1) is 24.0 Å². The van der Waals surface area contributed by atoms with Gasteiger partial charge in [-0.3, -0.25) is 14.5 Å². The fourth-order valence-electron chi connectivity index (χ4n) is 3.24. The maximum atomic E-state index is 12.6. The van der Waals surface area contributed by atoms with Crippen molar-refractivity contribution < 1.29 is 18.0 Å². The Bertz CT molecular complexity index is 1230. The van der Waals surface area contributed by atoms with Gasteiger partial charge < -0.3 is 9.73 Å². The lowest BCUT2D eigenvalue weighted by Crippen LogP contribution is -2.12. The molecular weight excluding hydrogens is 394 g/mol. The number of alkyl halides is 2. The first-order valence-corrected chi connectivity index (χ1v) is 9.07. The SMILES string of the molecule is O=C1NCc2ccc(-c3cnn(Cc4ccc(-c5nnc(C(F)F)o5)cn4)c3)cc21. The van der Waals surface area contributed by atoms with E-state index in [0.29, 0.717) is 24.2 Å². The second kappa shape index (κ2) is 7.14. The highest BCUT2D eigenvalue weighted by molar-refractivity contribution is 5.99. The number of nitrogens with zero attached hydrogens (tertiary/aromatic N) is 5. The zero-order valence-electron chi connectivity index (χ0n) is 15.4. The minimum Gasteiger partial charge on any atom is -0.415 e. The van der Waals surface area contributed by atoms with E-state index in [1.807, 2.05) is 24.4 Å². The largest absolute Gasteiger partial charge is 0.415 e. The van der Waals surface area contributed by atoms with Crippen molar-refractivity contribution in [1.29, 1.82) is 0 Å². The van der Waals surface area contributed by atoms with Gasteiger partial charge in [0.25, 0.3) is 11.8 Å². The number of carbonyl (C=O) groups excluding carboxylic acids is 1. The van der Waals surface area contributed by atoms with Crippen LogP contribution in [-0.2, 0) is 13.1 Å². The molecule has 0 saturated carbocycles. The van der Waals surface area contributed by atoms with Gasteiger partial charge in [-0.25, -0.2) is 0 Å². The summed E-state index contributed by atoms with van der Waals surface area (Å²) in [6.07, 6.45) is 2.28. The molecule has 0 atom stereocenters. The normalized spacial score (nSPS) is 13.0. The lowest BCUT2D eigenvalue weighted by molar-refractivity contribution is 0.0965. The minimum atomic E-state index is -2.81. The Kier molecular flexibility index (Phi) is 4.31. The standard InChI is InChI=1S/C20H14F2N6O2/c21-17(22)20-27-26-19(30-20)13-3-4-15(23-7-13)10-28-9-14(8-25-28)11-1-2-12-6-24-18(29)16(12)5-11/h1-5,7-9,17H,6,10H2,(H,24,29). The Morgan fingerprint density at radius 2 is 1.97 bits per heavy atom. The summed E-state index contributed by atoms with van der Waals surface area (Å²) in [7, 11) is 0. The van der Waals surface area contributed by atoms with Gasteiger partial charge in [-0.1, -0.05) is 12.1 Å². The zero-order chi connectivity index (χ0) is 20.7. The molecule has 0 spiro atoms. The summed E-state index contributed by atoms with van der Waals surface area (Å²) < 4.78 is 31.8. The number of halogens is 2. The number of aromatic nitrogens is 5. The van der Waals surface area contributed by atoms with Crippen LogP contribution in [0.3, 0.4) is 0 Å². The maximum Gasteiger partial charge on any atom is 0.314 e. The number of hydrogen-bond donors (Lipinski definition) is 1. The van der Waals surface area contributed by atoms with Crippen molar-refractivity contribution in [3.05, 3.63) is 71.6 Å². The number of nitrogens with one attached hydrogen (secondary N) is 1. The summed E-state index contributed by atoms with van der Waals surface area (Å²) in [5.74, 6) is -0.793. The molecule has 1 amide bonds. The Hall–Kier alpha value is -3.95. The highest BCUT2D eigenvalue weighted by Crippen LogP contribution is 2.25. The van der Waals surface area contributed by atoms with Crippen molar-refractivity contribution in [3.8, 4) is 22.6 Å². The molecule has 1 aromatic carbocycles. The molecule has 1 N–H and O–H groups in total. The molecule has 5 rings (SSSR count). The fraction of sp³-hybridized carbons (Fsp3) is 0.150. The number of hydrogen-bond acceptors (Lipinski definition) is 6. The predicted octanol–water partition coefficient (Wildman–Crippen LogP) is 3.22. The summed E-state index contributed by atoms with van der Waals surface area (Å²) in [6, 6.07) is 9.18. The number of pyridine rings is 1. The second-order valence-corrected chi connectivity index (χ2v) is 6.77. The average molecular weight is 408 g/mol. The molecule has 3 aromatic heterocycles. The minimum absolute atomic E-state index is 0.00799. The maximum absolute atomic E-state index is 12.6. The van der Waals surface area contributed by atoms with Crippen LogP contribution >= 0.6 is 0 Å². The molecule has 0 radical (unpaired) electrons. The van der Waals surface area contributed by atoms with Gasteiger partial charge in [-0.2, -0.15) is 13.9 Å². The highest BCUT2D eigenvalue weighted by Gasteiger charge is 2.19. The van der Waals surface area contributed by atoms with Crippen LogP contribution in [0.1, 0.15) is 33.9 Å². The summed E-state index contributed by atoms with van der Waals surface area (Å²) in [6.45, 7) is 0.972. The van der Waals surface area contributed by atoms with E-state index in [0.717, 1.165) is 22.4 Å². The van der Waals surface area contributed by atoms with Crippen molar-refractivity contribution in [3.63, 3.8) is 0 Å². The smallest absolute Gasteiger partial charge is 0.314 e. The van der Waals surface area contributed by atoms with Crippen molar-refractivity contribution in [1.82, 2.24) is 30.3 Å². The molecule has 0 fully saturated rings. The predicted molar refractivity (Wildman–Crippen MR) is 100 cm³/mol. The third-order valence-corrected chi connectivity index (χ3v) is 4.78. The van der Waals surface area contributed by atoms with Crippen LogP contribution < -0.4 is 5.32 Å². The van der Waals surface area contributed by atoms with Gasteiger partial charge in [0.15, 0.2) is 0 Å². The third kappa shape index (κ3) is 3.32. The second-order valence-electron chi connectivity index (χ2n) is 6.77. The molecule has 8 nitrogen and oxygen atoms in total. The van der Waals surface area contributed by atoms with Gasteiger partial charge in [0.2, 0.25) is 5.89 Å². The monoisotopic (exact) mass is 408 g/mol. The molecule has 150 valence electrons. The van der Waals surface area contributed by atoms with Crippen LogP contribution in [0.25, 0.3) is 22.6 Å². The van der Waals surface area contributed by atoms with E-state index in [4.69, 9.17) is 4.42 Å². The van der Waals surface area contributed by atoms with Crippen molar-refractivity contribution in [2.45, 2.75) is 19.5 Å². The molecule has 4 heterocycles. The quantitative estimate of drug-likeness (QED) is 0.544. The number of amides is 1. The van der Waals surface area contributed by atoms with Crippen molar-refractivity contribution in [2.75, 3.05) is 0 Å². The van der Waals surface area contributed by atoms with Crippen LogP contribution in [0.4, 0.5) is 8.78 Å². The van der Waals surface area contributed by atoms with E-state index in [1.54, 1.807) is 23.0 Å². The molecule has 1 aliphatic rings. The van der Waals surface area contributed by atoms with Crippen molar-refractivity contribution >= 4 is 5.91 Å². The van der Waals surface area contributed by atoms with Crippen LogP contribution in [0.2, 0.25) is 0 Å². The summed E-state index contributed by atoms with van der Waals surface area (Å²) in [5, 5.41) is 14.1. The molecule has 4 aromatic rings. The first kappa shape index (κ1) is 18.1. The zero-order valence-corrected chi connectivity index (χ0v) is 15.4. The first-order valence-electron chi connectivity index (χ1n) is 9.07. The summed E-state index contributed by atoms with van der Waals surface area (Å²) in [4.78, 5) is 16.2. The molecule has 30 heavy (non-hydrogen) atoms. The third-order valence-electron chi connectivity index (χ3n) is 4.78. The van der Waals surface area contributed by atoms with Gasteiger partial charge in [-0.15, -0.1) is 10.2 Å². The Labute approximate surface area is 168 Å². The molecular formula is C20H14F2N6O2. The van der Waals surface area contributed by atoms with E-state index < -0.39 is 12.3 Å². The Balaban J connectivity index is 1.32. The van der Waals surface area contributed by atoms with Gasteiger partial charge in [-0.05, 0) is 29.3 Å². The molecule has 0 bridgehead atoms. The fourth-order valence-corrected chi connectivity index (χ4v) is 3.24. The molecule has 0 aliphatic carbocycles. The van der Waals surface area contributed by atoms with Crippen LogP contribution in [0.5, 0.6) is 0 Å². The molecule has 0 unspecified atom stereocenters. The molecule has 1 aliphatic heterocycles. The topological polar surface area (TPSA) is 98.7 Å². The van der Waals surface area contributed by atoms with E-state index in [2.05, 4.69) is 25.6 Å². The first-order chi connectivity index (χ1) is 14.6.